The third-order valence-corrected chi connectivity index (χ3v) is 4.54. The second kappa shape index (κ2) is 8.34. The molecule has 0 aromatic heterocycles. The van der Waals surface area contributed by atoms with Crippen molar-refractivity contribution in [3.05, 3.63) is 0 Å². The number of nitrogens with one attached hydrogen (secondary N) is 2. The Morgan fingerprint density at radius 2 is 1.71 bits per heavy atom. The first-order valence-corrected chi connectivity index (χ1v) is 7.30. The Balaban J connectivity index is 0.00000144. The van der Waals surface area contributed by atoms with Crippen LogP contribution in [0.4, 0.5) is 0 Å². The second-order valence-electron chi connectivity index (χ2n) is 5.79. The molecule has 0 aromatic rings. The highest BCUT2D eigenvalue weighted by Crippen LogP contribution is 2.26. The van der Waals surface area contributed by atoms with Gasteiger partial charge in [-0.05, 0) is 64.1 Å². The number of rotatable bonds is 4. The van der Waals surface area contributed by atoms with E-state index in [9.17, 15) is 0 Å². The Hall–Kier alpha value is 0.210. The molecule has 3 heteroatoms. The molecule has 1 saturated heterocycles. The van der Waals surface area contributed by atoms with Crippen molar-refractivity contribution in [2.45, 2.75) is 57.9 Å². The summed E-state index contributed by atoms with van der Waals surface area (Å²) >= 11 is 0. The summed E-state index contributed by atoms with van der Waals surface area (Å²) < 4.78 is 0. The molecule has 2 aliphatic rings. The van der Waals surface area contributed by atoms with Gasteiger partial charge in [-0.15, -0.1) is 12.4 Å². The minimum atomic E-state index is 0. The number of halogens is 1. The molecule has 2 nitrogen and oxygen atoms in total. The van der Waals surface area contributed by atoms with E-state index in [0.29, 0.717) is 0 Å². The largest absolute Gasteiger partial charge is 0.317 e. The number of hydrogen-bond acceptors (Lipinski definition) is 2. The van der Waals surface area contributed by atoms with Crippen LogP contribution in [-0.2, 0) is 0 Å². The molecular formula is C14H29ClN2. The average molecular weight is 261 g/mol. The lowest BCUT2D eigenvalue weighted by atomic mass is 9.84. The van der Waals surface area contributed by atoms with Crippen molar-refractivity contribution >= 4 is 12.4 Å². The average Bonchev–Trinajstić information content (AvgIpc) is 2.38. The van der Waals surface area contributed by atoms with E-state index in [2.05, 4.69) is 17.6 Å². The summed E-state index contributed by atoms with van der Waals surface area (Å²) in [5.41, 5.74) is 0. The minimum Gasteiger partial charge on any atom is -0.317 e. The lowest BCUT2D eigenvalue weighted by Gasteiger charge is -2.31. The molecule has 1 atom stereocenters. The fourth-order valence-corrected chi connectivity index (χ4v) is 3.24. The van der Waals surface area contributed by atoms with Crippen LogP contribution in [0.3, 0.4) is 0 Å². The summed E-state index contributed by atoms with van der Waals surface area (Å²) in [6.45, 7) is 6.10. The molecule has 0 bridgehead atoms. The molecule has 1 aliphatic carbocycles. The zero-order chi connectivity index (χ0) is 11.2. The van der Waals surface area contributed by atoms with Crippen LogP contribution in [0.15, 0.2) is 0 Å². The second-order valence-corrected chi connectivity index (χ2v) is 5.79. The maximum absolute atomic E-state index is 3.79. The first kappa shape index (κ1) is 15.3. The van der Waals surface area contributed by atoms with E-state index in [4.69, 9.17) is 0 Å². The highest BCUT2D eigenvalue weighted by Gasteiger charge is 2.21. The van der Waals surface area contributed by atoms with Gasteiger partial charge in [0.05, 0.1) is 0 Å². The third-order valence-electron chi connectivity index (χ3n) is 4.54. The van der Waals surface area contributed by atoms with Crippen molar-refractivity contribution in [2.75, 3.05) is 19.6 Å². The van der Waals surface area contributed by atoms with E-state index in [1.807, 2.05) is 0 Å². The lowest BCUT2D eigenvalue weighted by molar-refractivity contribution is 0.260. The van der Waals surface area contributed by atoms with Crippen molar-refractivity contribution in [1.82, 2.24) is 10.6 Å². The van der Waals surface area contributed by atoms with Crippen molar-refractivity contribution < 1.29 is 0 Å². The van der Waals surface area contributed by atoms with Crippen molar-refractivity contribution in [2.24, 2.45) is 11.8 Å². The Labute approximate surface area is 113 Å². The van der Waals surface area contributed by atoms with Gasteiger partial charge in [0.1, 0.15) is 0 Å². The maximum Gasteiger partial charge on any atom is 0.00671 e. The zero-order valence-electron chi connectivity index (χ0n) is 11.2. The minimum absolute atomic E-state index is 0. The summed E-state index contributed by atoms with van der Waals surface area (Å²) in [6.07, 6.45) is 10.0. The quantitative estimate of drug-likeness (QED) is 0.812. The smallest absolute Gasteiger partial charge is 0.00671 e. The van der Waals surface area contributed by atoms with Gasteiger partial charge in [-0.1, -0.05) is 19.3 Å². The van der Waals surface area contributed by atoms with E-state index in [0.717, 1.165) is 17.9 Å². The van der Waals surface area contributed by atoms with Gasteiger partial charge in [-0.3, -0.25) is 0 Å². The predicted octanol–water partition coefficient (Wildman–Crippen LogP) is 2.97. The topological polar surface area (TPSA) is 24.1 Å². The first-order chi connectivity index (χ1) is 7.86. The Morgan fingerprint density at radius 1 is 1.06 bits per heavy atom. The third kappa shape index (κ3) is 5.15. The van der Waals surface area contributed by atoms with Crippen LogP contribution < -0.4 is 10.6 Å². The number of piperidine rings is 1. The van der Waals surface area contributed by atoms with Gasteiger partial charge in [0, 0.05) is 6.04 Å². The van der Waals surface area contributed by atoms with Crippen LogP contribution in [0.2, 0.25) is 0 Å². The van der Waals surface area contributed by atoms with Gasteiger partial charge < -0.3 is 10.6 Å². The van der Waals surface area contributed by atoms with Gasteiger partial charge in [0.2, 0.25) is 0 Å². The first-order valence-electron chi connectivity index (χ1n) is 7.30. The Bertz CT molecular complexity index is 187. The molecule has 0 amide bonds. The van der Waals surface area contributed by atoms with Gasteiger partial charge in [0.25, 0.3) is 0 Å². The van der Waals surface area contributed by atoms with Gasteiger partial charge in [-0.25, -0.2) is 0 Å². The molecule has 2 N–H and O–H groups in total. The van der Waals surface area contributed by atoms with Crippen molar-refractivity contribution in [3.63, 3.8) is 0 Å². The molecular weight excluding hydrogens is 232 g/mol. The Kier molecular flexibility index (Phi) is 7.49. The van der Waals surface area contributed by atoms with Crippen molar-refractivity contribution in [1.29, 1.82) is 0 Å². The van der Waals surface area contributed by atoms with E-state index < -0.39 is 0 Å². The van der Waals surface area contributed by atoms with E-state index >= 15 is 0 Å². The zero-order valence-corrected chi connectivity index (χ0v) is 12.0. The summed E-state index contributed by atoms with van der Waals surface area (Å²) in [6, 6.07) is 0.746. The van der Waals surface area contributed by atoms with Crippen LogP contribution in [0.5, 0.6) is 0 Å². The highest BCUT2D eigenvalue weighted by molar-refractivity contribution is 5.85. The van der Waals surface area contributed by atoms with Crippen molar-refractivity contribution in [3.8, 4) is 0 Å². The van der Waals surface area contributed by atoms with Crippen LogP contribution in [0.25, 0.3) is 0 Å². The lowest BCUT2D eigenvalue weighted by Crippen LogP contribution is -2.40. The molecule has 17 heavy (non-hydrogen) atoms. The van der Waals surface area contributed by atoms with E-state index in [1.54, 1.807) is 0 Å². The molecule has 2 fully saturated rings. The summed E-state index contributed by atoms with van der Waals surface area (Å²) in [5.74, 6) is 1.88. The molecule has 1 saturated carbocycles. The molecule has 2 rings (SSSR count). The number of hydrogen-bond donors (Lipinski definition) is 2. The van der Waals surface area contributed by atoms with Gasteiger partial charge in [-0.2, -0.15) is 0 Å². The molecule has 0 radical (unpaired) electrons. The van der Waals surface area contributed by atoms with E-state index in [-0.39, 0.29) is 12.4 Å². The summed E-state index contributed by atoms with van der Waals surface area (Å²) in [4.78, 5) is 0. The monoisotopic (exact) mass is 260 g/mol. The SMILES string of the molecule is CC(NCC1CCNCC1)C1CCCCC1.Cl. The molecule has 1 heterocycles. The highest BCUT2D eigenvalue weighted by atomic mass is 35.5. The summed E-state index contributed by atoms with van der Waals surface area (Å²) in [7, 11) is 0. The van der Waals surface area contributed by atoms with Crippen LogP contribution in [0.1, 0.15) is 51.9 Å². The predicted molar refractivity (Wildman–Crippen MR) is 76.9 cm³/mol. The Morgan fingerprint density at radius 3 is 2.35 bits per heavy atom. The summed E-state index contributed by atoms with van der Waals surface area (Å²) in [5, 5.41) is 7.23. The fraction of sp³-hybridized carbons (Fsp3) is 1.00. The van der Waals surface area contributed by atoms with Crippen LogP contribution >= 0.6 is 12.4 Å². The molecule has 1 unspecified atom stereocenters. The maximum atomic E-state index is 3.79. The van der Waals surface area contributed by atoms with E-state index in [1.165, 1.54) is 64.6 Å². The normalized spacial score (nSPS) is 25.2. The molecule has 0 aromatic carbocycles. The van der Waals surface area contributed by atoms with Crippen LogP contribution in [-0.4, -0.2) is 25.7 Å². The fourth-order valence-electron chi connectivity index (χ4n) is 3.24. The molecule has 0 spiro atoms. The molecule has 102 valence electrons. The molecule has 1 aliphatic heterocycles. The van der Waals surface area contributed by atoms with Gasteiger partial charge >= 0.3 is 0 Å². The standard InChI is InChI=1S/C14H28N2.ClH/c1-12(14-5-3-2-4-6-14)16-11-13-7-9-15-10-8-13;/h12-16H,2-11H2,1H3;1H. The van der Waals surface area contributed by atoms with Crippen LogP contribution in [0, 0.1) is 11.8 Å². The van der Waals surface area contributed by atoms with Gasteiger partial charge in [0.15, 0.2) is 0 Å².